The van der Waals surface area contributed by atoms with E-state index in [1.54, 1.807) is 6.20 Å². The summed E-state index contributed by atoms with van der Waals surface area (Å²) in [7, 11) is 0. The molecule has 2 aromatic rings. The van der Waals surface area contributed by atoms with Gasteiger partial charge in [-0.05, 0) is 43.0 Å². The summed E-state index contributed by atoms with van der Waals surface area (Å²) < 4.78 is 0. The number of amides is 1. The van der Waals surface area contributed by atoms with Gasteiger partial charge in [-0.2, -0.15) is 0 Å². The maximum absolute atomic E-state index is 12.0. The van der Waals surface area contributed by atoms with Gasteiger partial charge < -0.3 is 10.6 Å². The Kier molecular flexibility index (Phi) is 3.86. The zero-order chi connectivity index (χ0) is 14.7. The van der Waals surface area contributed by atoms with Crippen LogP contribution in [0.15, 0.2) is 42.6 Å². The number of nitrogens with zero attached hydrogens (tertiary/aromatic N) is 1. The number of aromatic nitrogens is 1. The number of benzene rings is 1. The monoisotopic (exact) mass is 281 g/mol. The molecular weight excluding hydrogens is 262 g/mol. The predicted molar refractivity (Wildman–Crippen MR) is 84.4 cm³/mol. The van der Waals surface area contributed by atoms with Crippen LogP contribution in [-0.4, -0.2) is 16.9 Å². The predicted octanol–water partition coefficient (Wildman–Crippen LogP) is 3.15. The van der Waals surface area contributed by atoms with Crippen LogP contribution in [0.4, 0.5) is 11.5 Å². The molecule has 0 atom stereocenters. The van der Waals surface area contributed by atoms with E-state index in [9.17, 15) is 4.79 Å². The van der Waals surface area contributed by atoms with Gasteiger partial charge in [-0.25, -0.2) is 4.98 Å². The van der Waals surface area contributed by atoms with Crippen LogP contribution in [0, 0.1) is 6.92 Å². The van der Waals surface area contributed by atoms with Crippen molar-refractivity contribution in [2.24, 2.45) is 0 Å². The minimum Gasteiger partial charge on any atom is -0.381 e. The molecule has 1 heterocycles. The molecule has 108 valence electrons. The molecule has 4 nitrogen and oxygen atoms in total. The van der Waals surface area contributed by atoms with Crippen molar-refractivity contribution in [2.75, 3.05) is 10.6 Å². The van der Waals surface area contributed by atoms with E-state index in [4.69, 9.17) is 0 Å². The van der Waals surface area contributed by atoms with Gasteiger partial charge in [0.15, 0.2) is 0 Å². The van der Waals surface area contributed by atoms with Crippen molar-refractivity contribution in [3.8, 4) is 0 Å². The van der Waals surface area contributed by atoms with E-state index in [-0.39, 0.29) is 5.91 Å². The van der Waals surface area contributed by atoms with Crippen LogP contribution in [0.5, 0.6) is 0 Å². The molecule has 1 aromatic carbocycles. The second kappa shape index (κ2) is 5.95. The molecule has 0 saturated heterocycles. The molecule has 21 heavy (non-hydrogen) atoms. The lowest BCUT2D eigenvalue weighted by Crippen LogP contribution is -2.16. The van der Waals surface area contributed by atoms with Crippen LogP contribution in [0.25, 0.3) is 0 Å². The lowest BCUT2D eigenvalue weighted by atomic mass is 10.1. The summed E-state index contributed by atoms with van der Waals surface area (Å²) in [4.78, 5) is 16.3. The van der Waals surface area contributed by atoms with Crippen LogP contribution in [0.1, 0.15) is 24.0 Å². The van der Waals surface area contributed by atoms with Gasteiger partial charge in [0.25, 0.3) is 0 Å². The van der Waals surface area contributed by atoms with Crippen molar-refractivity contribution in [3.63, 3.8) is 0 Å². The second-order valence-electron chi connectivity index (χ2n) is 5.50. The van der Waals surface area contributed by atoms with Crippen molar-refractivity contribution >= 4 is 17.4 Å². The highest BCUT2D eigenvalue weighted by atomic mass is 16.1. The van der Waals surface area contributed by atoms with Gasteiger partial charge in [0.1, 0.15) is 5.82 Å². The number of hydrogen-bond donors (Lipinski definition) is 2. The third kappa shape index (κ3) is 3.81. The number of aryl methyl sites for hydroxylation is 1. The molecule has 0 bridgehead atoms. The molecule has 2 N–H and O–H groups in total. The lowest BCUT2D eigenvalue weighted by molar-refractivity contribution is -0.115. The highest BCUT2D eigenvalue weighted by Crippen LogP contribution is 2.24. The summed E-state index contributed by atoms with van der Waals surface area (Å²) in [6, 6.07) is 12.3. The van der Waals surface area contributed by atoms with Crippen molar-refractivity contribution in [1.29, 1.82) is 0 Å². The normalized spacial score (nSPS) is 13.8. The van der Waals surface area contributed by atoms with E-state index in [0.717, 1.165) is 16.8 Å². The molecule has 1 aliphatic carbocycles. The van der Waals surface area contributed by atoms with E-state index in [2.05, 4.69) is 15.6 Å². The number of hydrogen-bond acceptors (Lipinski definition) is 3. The van der Waals surface area contributed by atoms with Crippen LogP contribution in [-0.2, 0) is 11.2 Å². The Labute approximate surface area is 124 Å². The molecule has 4 heteroatoms. The van der Waals surface area contributed by atoms with E-state index < -0.39 is 0 Å². The molecule has 1 fully saturated rings. The molecule has 0 spiro atoms. The number of carbonyl (C=O) groups excluding carboxylic acids is 1. The molecule has 0 unspecified atom stereocenters. The molecule has 3 rings (SSSR count). The highest BCUT2D eigenvalue weighted by Gasteiger charge is 2.20. The Balaban J connectivity index is 1.57. The first-order valence-corrected chi connectivity index (χ1v) is 7.27. The molecule has 0 aliphatic heterocycles. The minimum absolute atomic E-state index is 0.0419. The maximum atomic E-state index is 12.0. The Morgan fingerprint density at radius 3 is 2.71 bits per heavy atom. The SMILES string of the molecule is Cc1ccccc1CC(=O)Nc1ccc(NC2CC2)cn1. The van der Waals surface area contributed by atoms with Crippen molar-refractivity contribution < 1.29 is 4.79 Å². The third-order valence-electron chi connectivity index (χ3n) is 3.59. The summed E-state index contributed by atoms with van der Waals surface area (Å²) in [6.07, 6.45) is 4.60. The number of nitrogens with one attached hydrogen (secondary N) is 2. The first kappa shape index (κ1) is 13.6. The first-order chi connectivity index (χ1) is 10.2. The largest absolute Gasteiger partial charge is 0.381 e. The number of pyridine rings is 1. The first-order valence-electron chi connectivity index (χ1n) is 7.27. The molecule has 0 radical (unpaired) electrons. The van der Waals surface area contributed by atoms with Gasteiger partial charge in [-0.15, -0.1) is 0 Å². The lowest BCUT2D eigenvalue weighted by Gasteiger charge is -2.08. The number of carbonyl (C=O) groups is 1. The Hall–Kier alpha value is -2.36. The second-order valence-corrected chi connectivity index (χ2v) is 5.50. The van der Waals surface area contributed by atoms with Crippen LogP contribution in [0.3, 0.4) is 0 Å². The van der Waals surface area contributed by atoms with Gasteiger partial charge >= 0.3 is 0 Å². The number of anilines is 2. The van der Waals surface area contributed by atoms with Crippen molar-refractivity contribution in [2.45, 2.75) is 32.2 Å². The molecular formula is C17H19N3O. The smallest absolute Gasteiger partial charge is 0.229 e. The summed E-state index contributed by atoms with van der Waals surface area (Å²) in [5.41, 5.74) is 3.18. The number of rotatable bonds is 5. The topological polar surface area (TPSA) is 54.0 Å². The molecule has 1 aliphatic rings. The van der Waals surface area contributed by atoms with Crippen molar-refractivity contribution in [3.05, 3.63) is 53.7 Å². The fraction of sp³-hybridized carbons (Fsp3) is 0.294. The Morgan fingerprint density at radius 2 is 2.05 bits per heavy atom. The molecule has 1 saturated carbocycles. The fourth-order valence-electron chi connectivity index (χ4n) is 2.19. The Morgan fingerprint density at radius 1 is 1.24 bits per heavy atom. The van der Waals surface area contributed by atoms with Gasteiger partial charge in [0, 0.05) is 6.04 Å². The van der Waals surface area contributed by atoms with Crippen LogP contribution >= 0.6 is 0 Å². The van der Waals surface area contributed by atoms with Gasteiger partial charge in [-0.3, -0.25) is 4.79 Å². The summed E-state index contributed by atoms with van der Waals surface area (Å²) >= 11 is 0. The standard InChI is InChI=1S/C17H19N3O/c1-12-4-2-3-5-13(12)10-17(21)20-16-9-8-15(11-18-16)19-14-6-7-14/h2-5,8-9,11,14,19H,6-7,10H2,1H3,(H,18,20,21). The van der Waals surface area contributed by atoms with Gasteiger partial charge in [0.2, 0.25) is 5.91 Å². The molecule has 1 amide bonds. The van der Waals surface area contributed by atoms with Crippen LogP contribution < -0.4 is 10.6 Å². The van der Waals surface area contributed by atoms with E-state index in [1.165, 1.54) is 12.8 Å². The quantitative estimate of drug-likeness (QED) is 0.885. The average molecular weight is 281 g/mol. The zero-order valence-electron chi connectivity index (χ0n) is 12.1. The Bertz CT molecular complexity index is 633. The minimum atomic E-state index is -0.0419. The van der Waals surface area contributed by atoms with Crippen LogP contribution in [0.2, 0.25) is 0 Å². The van der Waals surface area contributed by atoms with E-state index in [0.29, 0.717) is 18.3 Å². The zero-order valence-corrected chi connectivity index (χ0v) is 12.1. The molecule has 1 aromatic heterocycles. The van der Waals surface area contributed by atoms with Gasteiger partial charge in [0.05, 0.1) is 18.3 Å². The summed E-state index contributed by atoms with van der Waals surface area (Å²) in [5, 5.41) is 6.20. The fourth-order valence-corrected chi connectivity index (χ4v) is 2.19. The summed E-state index contributed by atoms with van der Waals surface area (Å²) in [6.45, 7) is 2.01. The summed E-state index contributed by atoms with van der Waals surface area (Å²) in [5.74, 6) is 0.551. The third-order valence-corrected chi connectivity index (χ3v) is 3.59. The van der Waals surface area contributed by atoms with Gasteiger partial charge in [-0.1, -0.05) is 24.3 Å². The van der Waals surface area contributed by atoms with E-state index in [1.807, 2.05) is 43.3 Å². The maximum Gasteiger partial charge on any atom is 0.229 e. The highest BCUT2D eigenvalue weighted by molar-refractivity contribution is 5.91. The average Bonchev–Trinajstić information content (AvgIpc) is 3.28. The van der Waals surface area contributed by atoms with Crippen molar-refractivity contribution in [1.82, 2.24) is 4.98 Å². The van der Waals surface area contributed by atoms with E-state index >= 15 is 0 Å².